The van der Waals surface area contributed by atoms with Gasteiger partial charge in [0.25, 0.3) is 5.91 Å². The molecule has 6 rings (SSSR count). The van der Waals surface area contributed by atoms with Gasteiger partial charge < -0.3 is 20.1 Å². The van der Waals surface area contributed by atoms with E-state index in [-0.39, 0.29) is 30.1 Å². The van der Waals surface area contributed by atoms with Crippen LogP contribution >= 0.6 is 22.7 Å². The van der Waals surface area contributed by atoms with Crippen molar-refractivity contribution in [1.29, 1.82) is 0 Å². The number of nitrogens with zero attached hydrogens (tertiary/aromatic N) is 4. The average molecular weight is 676 g/mol. The van der Waals surface area contributed by atoms with Crippen LogP contribution in [0.25, 0.3) is 21.6 Å². The van der Waals surface area contributed by atoms with Crippen molar-refractivity contribution >= 4 is 57.4 Å². The minimum absolute atomic E-state index is 0.000466. The maximum atomic E-state index is 14.3. The van der Waals surface area contributed by atoms with E-state index in [1.807, 2.05) is 35.7 Å². The number of benzene rings is 1. The Morgan fingerprint density at radius 1 is 1.09 bits per heavy atom. The number of carbonyl (C=O) groups excluding carboxylic acids is 3. The summed E-state index contributed by atoms with van der Waals surface area (Å²) < 4.78 is 6.43. The second kappa shape index (κ2) is 12.9. The summed E-state index contributed by atoms with van der Waals surface area (Å²) in [6.07, 6.45) is 0.895. The number of hydrogen-bond donors (Lipinski definition) is 3. The SMILES string of the molecule is C=C[C@@H]1CC1(NC(=O)[C@@H]1C[C@@H](Oc2nc3ccccc3nc2-c2cccs2)CN1C(=O)C(C(C)C)N(O)C(=O)c1cccs1)C(=O)O. The van der Waals surface area contributed by atoms with Gasteiger partial charge in [0.1, 0.15) is 29.4 Å². The maximum Gasteiger partial charge on any atom is 0.330 e. The number of thiophene rings is 2. The Kier molecular flexibility index (Phi) is 8.83. The number of hydroxylamine groups is 2. The molecule has 4 aromatic rings. The lowest BCUT2D eigenvalue weighted by Gasteiger charge is -2.33. The summed E-state index contributed by atoms with van der Waals surface area (Å²) in [6.45, 7) is 6.96. The molecule has 3 aromatic heterocycles. The Labute approximate surface area is 278 Å². The van der Waals surface area contributed by atoms with E-state index >= 15 is 0 Å². The highest BCUT2D eigenvalue weighted by Crippen LogP contribution is 2.45. The molecular weight excluding hydrogens is 643 g/mol. The van der Waals surface area contributed by atoms with Gasteiger partial charge >= 0.3 is 5.97 Å². The van der Waals surface area contributed by atoms with E-state index in [1.54, 1.807) is 37.4 Å². The zero-order valence-electron chi connectivity index (χ0n) is 25.6. The molecule has 5 atom stereocenters. The van der Waals surface area contributed by atoms with E-state index < -0.39 is 59.3 Å². The van der Waals surface area contributed by atoms with Gasteiger partial charge in [0.05, 0.1) is 27.3 Å². The molecule has 1 aliphatic heterocycles. The fraction of sp³-hybridized carbons (Fsp3) is 0.333. The molecule has 2 aliphatic rings. The van der Waals surface area contributed by atoms with Crippen molar-refractivity contribution < 1.29 is 34.2 Å². The third-order valence-corrected chi connectivity index (χ3v) is 10.3. The Bertz CT molecular complexity index is 1830. The molecule has 0 spiro atoms. The van der Waals surface area contributed by atoms with Gasteiger partial charge in [0.2, 0.25) is 17.7 Å². The number of likely N-dealkylation sites (tertiary alicyclic amines) is 1. The monoisotopic (exact) mass is 675 g/mol. The van der Waals surface area contributed by atoms with E-state index in [2.05, 4.69) is 11.9 Å². The Hall–Kier alpha value is -4.66. The van der Waals surface area contributed by atoms with Crippen molar-refractivity contribution in [2.75, 3.05) is 6.54 Å². The standard InChI is InChI=1S/C33H33N5O7S2/c1-4-19-16-33(19,32(42)43)36-28(39)23-15-20(17-37(23)31(41)27(18(2)3)38(44)30(40)25-12-8-14-47-25)45-29-26(24-11-7-13-46-24)34-21-9-5-6-10-22(21)35-29/h4-14,18-20,23,27,44H,1,15-17H2,2-3H3,(H,36,39)(H,42,43)/t19-,20-,23+,27?,33?/m1/s1. The molecule has 2 fully saturated rings. The molecule has 1 aliphatic carbocycles. The van der Waals surface area contributed by atoms with Crippen LogP contribution in [-0.4, -0.2) is 84.2 Å². The van der Waals surface area contributed by atoms with Gasteiger partial charge in [-0.15, -0.1) is 29.3 Å². The molecule has 1 saturated carbocycles. The molecular formula is C33H33N5O7S2. The van der Waals surface area contributed by atoms with Gasteiger partial charge in [-0.1, -0.05) is 44.2 Å². The van der Waals surface area contributed by atoms with Crippen molar-refractivity contribution in [3.05, 3.63) is 76.8 Å². The third kappa shape index (κ3) is 6.11. The summed E-state index contributed by atoms with van der Waals surface area (Å²) in [7, 11) is 0. The molecule has 0 bridgehead atoms. The number of carbonyl (C=O) groups is 4. The molecule has 4 heterocycles. The number of ether oxygens (including phenoxy) is 1. The molecule has 12 nitrogen and oxygen atoms in total. The highest BCUT2D eigenvalue weighted by atomic mass is 32.1. The third-order valence-electron chi connectivity index (χ3n) is 8.54. The zero-order valence-corrected chi connectivity index (χ0v) is 27.2. The van der Waals surface area contributed by atoms with Gasteiger partial charge in [-0.2, -0.15) is 0 Å². The summed E-state index contributed by atoms with van der Waals surface area (Å²) in [6, 6.07) is 11.8. The first-order valence-electron chi connectivity index (χ1n) is 15.1. The van der Waals surface area contributed by atoms with Crippen molar-refractivity contribution in [2.45, 2.75) is 50.4 Å². The predicted molar refractivity (Wildman–Crippen MR) is 175 cm³/mol. The molecule has 1 aromatic carbocycles. The first-order valence-corrected chi connectivity index (χ1v) is 16.8. The fourth-order valence-electron chi connectivity index (χ4n) is 5.97. The average Bonchev–Trinajstić information content (AvgIpc) is 3.55. The van der Waals surface area contributed by atoms with Crippen molar-refractivity contribution in [3.63, 3.8) is 0 Å². The molecule has 3 N–H and O–H groups in total. The predicted octanol–water partition coefficient (Wildman–Crippen LogP) is 4.47. The van der Waals surface area contributed by atoms with Gasteiger partial charge in [-0.25, -0.2) is 19.8 Å². The first kappa shape index (κ1) is 32.3. The van der Waals surface area contributed by atoms with Gasteiger partial charge in [-0.3, -0.25) is 19.6 Å². The number of carboxylic acid groups (broad SMARTS) is 1. The lowest BCUT2D eigenvalue weighted by Crippen LogP contribution is -2.57. The summed E-state index contributed by atoms with van der Waals surface area (Å²) in [5, 5.41) is 27.7. The minimum Gasteiger partial charge on any atom is -0.479 e. The summed E-state index contributed by atoms with van der Waals surface area (Å²) in [5.41, 5.74) is 0.239. The Morgan fingerprint density at radius 2 is 1.79 bits per heavy atom. The lowest BCUT2D eigenvalue weighted by molar-refractivity contribution is -0.159. The van der Waals surface area contributed by atoms with Crippen LogP contribution in [0, 0.1) is 11.8 Å². The summed E-state index contributed by atoms with van der Waals surface area (Å²) in [4.78, 5) is 65.3. The summed E-state index contributed by atoms with van der Waals surface area (Å²) in [5.74, 6) is -4.10. The van der Waals surface area contributed by atoms with Crippen molar-refractivity contribution in [1.82, 2.24) is 25.2 Å². The number of amides is 3. The highest BCUT2D eigenvalue weighted by molar-refractivity contribution is 7.13. The van der Waals surface area contributed by atoms with E-state index in [4.69, 9.17) is 14.7 Å². The number of hydrogen-bond acceptors (Lipinski definition) is 10. The largest absolute Gasteiger partial charge is 0.479 e. The van der Waals surface area contributed by atoms with Gasteiger partial charge in [-0.05, 0) is 47.4 Å². The molecule has 244 valence electrons. The number of nitrogens with one attached hydrogen (secondary N) is 1. The Balaban J connectivity index is 1.33. The van der Waals surface area contributed by atoms with Crippen LogP contribution in [0.2, 0.25) is 0 Å². The van der Waals surface area contributed by atoms with Crippen LogP contribution in [-0.2, 0) is 14.4 Å². The van der Waals surface area contributed by atoms with Crippen molar-refractivity contribution in [3.8, 4) is 16.5 Å². The second-order valence-corrected chi connectivity index (χ2v) is 13.8. The summed E-state index contributed by atoms with van der Waals surface area (Å²) >= 11 is 2.58. The molecule has 0 radical (unpaired) electrons. The molecule has 3 amide bonds. The number of rotatable bonds is 11. The van der Waals surface area contributed by atoms with E-state index in [1.165, 1.54) is 22.3 Å². The van der Waals surface area contributed by atoms with E-state index in [0.29, 0.717) is 21.8 Å². The van der Waals surface area contributed by atoms with E-state index in [9.17, 15) is 29.5 Å². The highest BCUT2D eigenvalue weighted by Gasteiger charge is 2.61. The molecule has 2 unspecified atom stereocenters. The fourth-order valence-corrected chi connectivity index (χ4v) is 7.33. The number of para-hydroxylation sites is 2. The van der Waals surface area contributed by atoms with Crippen LogP contribution in [0.4, 0.5) is 0 Å². The van der Waals surface area contributed by atoms with Crippen LogP contribution in [0.1, 0.15) is 36.4 Å². The van der Waals surface area contributed by atoms with Gasteiger partial charge in [0, 0.05) is 12.3 Å². The maximum absolute atomic E-state index is 14.3. The first-order chi connectivity index (χ1) is 22.5. The lowest BCUT2D eigenvalue weighted by atomic mass is 10.0. The van der Waals surface area contributed by atoms with Crippen LogP contribution in [0.3, 0.4) is 0 Å². The molecule has 14 heteroatoms. The number of fused-ring (bicyclic) bond motifs is 1. The smallest absolute Gasteiger partial charge is 0.330 e. The van der Waals surface area contributed by atoms with Crippen molar-refractivity contribution in [2.24, 2.45) is 11.8 Å². The Morgan fingerprint density at radius 3 is 2.38 bits per heavy atom. The number of aromatic nitrogens is 2. The number of carboxylic acids is 1. The topological polar surface area (TPSA) is 162 Å². The second-order valence-electron chi connectivity index (χ2n) is 12.0. The minimum atomic E-state index is -1.53. The van der Waals surface area contributed by atoms with Crippen LogP contribution < -0.4 is 10.1 Å². The zero-order chi connectivity index (χ0) is 33.5. The van der Waals surface area contributed by atoms with Gasteiger partial charge in [0.15, 0.2) is 0 Å². The quantitative estimate of drug-likeness (QED) is 0.118. The normalized spacial score (nSPS) is 22.6. The molecule has 1 saturated heterocycles. The van der Waals surface area contributed by atoms with Crippen LogP contribution in [0.5, 0.6) is 5.88 Å². The molecule has 47 heavy (non-hydrogen) atoms. The number of aliphatic carboxylic acids is 1. The van der Waals surface area contributed by atoms with Crippen LogP contribution in [0.15, 0.2) is 71.9 Å². The van der Waals surface area contributed by atoms with E-state index in [0.717, 1.165) is 16.2 Å².